The molecule has 3 rings (SSSR count). The van der Waals surface area contributed by atoms with Crippen LogP contribution in [0.25, 0.3) is 5.65 Å². The van der Waals surface area contributed by atoms with Crippen LogP contribution in [-0.4, -0.2) is 33.9 Å². The lowest BCUT2D eigenvalue weighted by Crippen LogP contribution is -2.35. The maximum atomic E-state index is 12.8. The molecule has 0 saturated carbocycles. The third-order valence-electron chi connectivity index (χ3n) is 4.49. The fourth-order valence-electron chi connectivity index (χ4n) is 3.08. The van der Waals surface area contributed by atoms with E-state index in [2.05, 4.69) is 4.98 Å². The molecule has 9 nitrogen and oxygen atoms in total. The van der Waals surface area contributed by atoms with Gasteiger partial charge in [0, 0.05) is 19.3 Å². The largest absolute Gasteiger partial charge is 0.469 e. The molecule has 2 aromatic heterocycles. The molecule has 1 aromatic carbocycles. The number of nitro groups is 1. The minimum atomic E-state index is -0.778. The van der Waals surface area contributed by atoms with Gasteiger partial charge in [-0.1, -0.05) is 43.3 Å². The summed E-state index contributed by atoms with van der Waals surface area (Å²) in [5, 5.41) is 11.8. The number of carbonyl (C=O) groups is 1. The van der Waals surface area contributed by atoms with Crippen molar-refractivity contribution in [1.29, 1.82) is 0 Å². The molecule has 0 amide bonds. The van der Waals surface area contributed by atoms with E-state index in [9.17, 15) is 19.7 Å². The molecule has 0 fully saturated rings. The molecule has 0 aliphatic heterocycles. The number of carbonyl (C=O) groups excluding carboxylic acids is 1. The molecule has 150 valence electrons. The van der Waals surface area contributed by atoms with E-state index in [0.29, 0.717) is 0 Å². The SMILES string of the molecule is COC(=O)C(C)CN(Cc1ccccc1)c1nc2ccccn2c(=O)c1[N+](=O)[O-]. The predicted octanol–water partition coefficient (Wildman–Crippen LogP) is 2.42. The smallest absolute Gasteiger partial charge is 0.376 e. The summed E-state index contributed by atoms with van der Waals surface area (Å²) >= 11 is 0. The van der Waals surface area contributed by atoms with Gasteiger partial charge in [0.05, 0.1) is 18.0 Å². The number of fused-ring (bicyclic) bond motifs is 1. The van der Waals surface area contributed by atoms with Gasteiger partial charge in [-0.25, -0.2) is 4.98 Å². The maximum Gasteiger partial charge on any atom is 0.376 e. The molecule has 1 unspecified atom stereocenters. The number of benzene rings is 1. The van der Waals surface area contributed by atoms with E-state index in [1.807, 2.05) is 30.3 Å². The fourth-order valence-corrected chi connectivity index (χ4v) is 3.08. The molecular formula is C20H20N4O5. The van der Waals surface area contributed by atoms with Crippen molar-refractivity contribution in [1.82, 2.24) is 9.38 Å². The lowest BCUT2D eigenvalue weighted by atomic mass is 10.1. The molecule has 0 aliphatic rings. The number of hydrogen-bond donors (Lipinski definition) is 0. The molecular weight excluding hydrogens is 376 g/mol. The molecule has 0 radical (unpaired) electrons. The van der Waals surface area contributed by atoms with Gasteiger partial charge >= 0.3 is 17.2 Å². The van der Waals surface area contributed by atoms with Crippen molar-refractivity contribution in [3.63, 3.8) is 0 Å². The second kappa shape index (κ2) is 8.51. The Morgan fingerprint density at radius 1 is 1.24 bits per heavy atom. The topological polar surface area (TPSA) is 107 Å². The van der Waals surface area contributed by atoms with Crippen molar-refractivity contribution in [2.75, 3.05) is 18.6 Å². The van der Waals surface area contributed by atoms with Crippen molar-refractivity contribution in [3.05, 3.63) is 80.8 Å². The molecule has 0 bridgehead atoms. The van der Waals surface area contributed by atoms with E-state index in [1.54, 1.807) is 30.0 Å². The van der Waals surface area contributed by atoms with Gasteiger partial charge in [-0.2, -0.15) is 0 Å². The van der Waals surface area contributed by atoms with Crippen LogP contribution in [-0.2, 0) is 16.1 Å². The van der Waals surface area contributed by atoms with Crippen molar-refractivity contribution in [3.8, 4) is 0 Å². The molecule has 2 heterocycles. The summed E-state index contributed by atoms with van der Waals surface area (Å²) in [7, 11) is 1.28. The van der Waals surface area contributed by atoms with Crippen LogP contribution < -0.4 is 10.5 Å². The Kier molecular flexibility index (Phi) is 5.87. The van der Waals surface area contributed by atoms with Crippen LogP contribution in [0.1, 0.15) is 12.5 Å². The highest BCUT2D eigenvalue weighted by molar-refractivity contribution is 5.73. The van der Waals surface area contributed by atoms with Gasteiger partial charge in [-0.3, -0.25) is 24.1 Å². The Morgan fingerprint density at radius 3 is 2.59 bits per heavy atom. The van der Waals surface area contributed by atoms with Gasteiger partial charge in [0.1, 0.15) is 5.65 Å². The number of pyridine rings is 1. The highest BCUT2D eigenvalue weighted by Crippen LogP contribution is 2.26. The van der Waals surface area contributed by atoms with E-state index in [0.717, 1.165) is 9.96 Å². The Bertz CT molecular complexity index is 1100. The second-order valence-corrected chi connectivity index (χ2v) is 6.57. The van der Waals surface area contributed by atoms with Crippen LogP contribution in [0, 0.1) is 16.0 Å². The maximum absolute atomic E-state index is 12.8. The molecule has 9 heteroatoms. The van der Waals surface area contributed by atoms with Crippen molar-refractivity contribution in [2.24, 2.45) is 5.92 Å². The predicted molar refractivity (Wildman–Crippen MR) is 107 cm³/mol. The summed E-state index contributed by atoms with van der Waals surface area (Å²) in [6.07, 6.45) is 1.43. The third-order valence-corrected chi connectivity index (χ3v) is 4.49. The van der Waals surface area contributed by atoms with Crippen molar-refractivity contribution >= 4 is 23.1 Å². The highest BCUT2D eigenvalue weighted by Gasteiger charge is 2.30. The molecule has 0 saturated heterocycles. The summed E-state index contributed by atoms with van der Waals surface area (Å²) in [5.41, 5.74) is -0.281. The van der Waals surface area contributed by atoms with Crippen LogP contribution in [0.5, 0.6) is 0 Å². The quantitative estimate of drug-likeness (QED) is 0.343. The first-order valence-electron chi connectivity index (χ1n) is 8.95. The lowest BCUT2D eigenvalue weighted by molar-refractivity contribution is -0.385. The first-order chi connectivity index (χ1) is 13.9. The zero-order valence-electron chi connectivity index (χ0n) is 16.0. The summed E-state index contributed by atoms with van der Waals surface area (Å²) < 4.78 is 5.92. The van der Waals surface area contributed by atoms with E-state index >= 15 is 0 Å². The van der Waals surface area contributed by atoms with Gasteiger partial charge in [0.15, 0.2) is 0 Å². The number of nitrogens with zero attached hydrogens (tertiary/aromatic N) is 4. The van der Waals surface area contributed by atoms with E-state index in [1.165, 1.54) is 13.3 Å². The highest BCUT2D eigenvalue weighted by atomic mass is 16.6. The van der Waals surface area contributed by atoms with Crippen molar-refractivity contribution in [2.45, 2.75) is 13.5 Å². The van der Waals surface area contributed by atoms with E-state index in [-0.39, 0.29) is 24.6 Å². The summed E-state index contributed by atoms with van der Waals surface area (Å²) in [6.45, 7) is 1.99. The molecule has 3 aromatic rings. The van der Waals surface area contributed by atoms with Crippen molar-refractivity contribution < 1.29 is 14.5 Å². The van der Waals surface area contributed by atoms with E-state index in [4.69, 9.17) is 4.74 Å². The van der Waals surface area contributed by atoms with E-state index < -0.39 is 28.1 Å². The standard InChI is InChI=1S/C20H20N4O5/c1-14(20(26)29-2)12-22(13-15-8-4-3-5-9-15)18-17(24(27)28)19(25)23-11-7-6-10-16(23)21-18/h3-11,14H,12-13H2,1-2H3. The molecule has 0 N–H and O–H groups in total. The molecule has 0 aliphatic carbocycles. The Labute approximate surface area is 166 Å². The van der Waals surface area contributed by atoms with Crippen LogP contribution in [0.15, 0.2) is 59.5 Å². The number of esters is 1. The number of hydrogen-bond acceptors (Lipinski definition) is 7. The average molecular weight is 396 g/mol. The Balaban J connectivity index is 2.16. The zero-order valence-corrected chi connectivity index (χ0v) is 16.0. The van der Waals surface area contributed by atoms with Crippen LogP contribution in [0.3, 0.4) is 0 Å². The molecule has 29 heavy (non-hydrogen) atoms. The van der Waals surface area contributed by atoms with Gasteiger partial charge in [-0.15, -0.1) is 0 Å². The minimum absolute atomic E-state index is 0.0780. The van der Waals surface area contributed by atoms with Crippen LogP contribution in [0.4, 0.5) is 11.5 Å². The van der Waals surface area contributed by atoms with Gasteiger partial charge < -0.3 is 9.64 Å². The van der Waals surface area contributed by atoms with Gasteiger partial charge in [0.2, 0.25) is 5.82 Å². The number of rotatable bonds is 7. The van der Waals surface area contributed by atoms with Crippen LogP contribution >= 0.6 is 0 Å². The fraction of sp³-hybridized carbons (Fsp3) is 0.250. The molecule has 1 atom stereocenters. The first-order valence-corrected chi connectivity index (χ1v) is 8.95. The molecule has 0 spiro atoms. The summed E-state index contributed by atoms with van der Waals surface area (Å²) in [4.78, 5) is 41.7. The Hall–Kier alpha value is -3.75. The summed E-state index contributed by atoms with van der Waals surface area (Å²) in [6, 6.07) is 14.1. The lowest BCUT2D eigenvalue weighted by Gasteiger charge is -2.26. The second-order valence-electron chi connectivity index (χ2n) is 6.57. The number of aromatic nitrogens is 2. The van der Waals surface area contributed by atoms with Gasteiger partial charge in [-0.05, 0) is 17.7 Å². The van der Waals surface area contributed by atoms with Crippen LogP contribution in [0.2, 0.25) is 0 Å². The average Bonchev–Trinajstić information content (AvgIpc) is 2.73. The Morgan fingerprint density at radius 2 is 1.93 bits per heavy atom. The number of methoxy groups -OCH3 is 1. The van der Waals surface area contributed by atoms with Gasteiger partial charge in [0.25, 0.3) is 0 Å². The first kappa shape index (κ1) is 20.0. The monoisotopic (exact) mass is 396 g/mol. The number of ether oxygens (including phenoxy) is 1. The summed E-state index contributed by atoms with van der Waals surface area (Å²) in [5.74, 6) is -1.12. The number of anilines is 1. The normalized spacial score (nSPS) is 11.8. The third kappa shape index (κ3) is 4.23. The minimum Gasteiger partial charge on any atom is -0.469 e. The zero-order chi connectivity index (χ0) is 21.0.